The van der Waals surface area contributed by atoms with Gasteiger partial charge in [-0.15, -0.1) is 0 Å². The molecule has 4 atom stereocenters. The normalized spacial score (nSPS) is 15.6. The van der Waals surface area contributed by atoms with E-state index in [1.165, 1.54) is 0 Å². The van der Waals surface area contributed by atoms with Crippen molar-refractivity contribution in [2.45, 2.75) is 56.9 Å². The Morgan fingerprint density at radius 1 is 0.833 bits per heavy atom. The molecule has 15 heteroatoms. The van der Waals surface area contributed by atoms with Crippen molar-refractivity contribution in [3.63, 3.8) is 0 Å². The first-order valence-corrected chi connectivity index (χ1v) is 11.0. The van der Waals surface area contributed by atoms with Gasteiger partial charge in [-0.3, -0.25) is 4.74 Å². The average Bonchev–Trinajstić information content (AvgIpc) is 2.77. The van der Waals surface area contributed by atoms with Crippen LogP contribution in [0.2, 0.25) is 0 Å². The molecule has 0 aromatic rings. The molecule has 0 aliphatic rings. The zero-order chi connectivity index (χ0) is 27.5. The Kier molecular flexibility index (Phi) is 18.6. The summed E-state index contributed by atoms with van der Waals surface area (Å²) in [6.45, 7) is 5.16. The summed E-state index contributed by atoms with van der Waals surface area (Å²) in [6, 6.07) is 1.93. The van der Waals surface area contributed by atoms with E-state index in [0.29, 0.717) is 0 Å². The van der Waals surface area contributed by atoms with Gasteiger partial charge in [-0.05, 0) is 13.8 Å². The van der Waals surface area contributed by atoms with Gasteiger partial charge >= 0.3 is 12.2 Å². The maximum Gasteiger partial charge on any atom is 0.383 e. The van der Waals surface area contributed by atoms with Crippen LogP contribution in [0.4, 0.5) is 17.6 Å². The molecule has 36 heavy (non-hydrogen) atoms. The molecule has 0 spiro atoms. The minimum absolute atomic E-state index is 0.00810. The summed E-state index contributed by atoms with van der Waals surface area (Å²) < 4.78 is 87.0. The van der Waals surface area contributed by atoms with Crippen molar-refractivity contribution in [3.8, 4) is 6.07 Å². The molecular formula is C21H34F4N2O9. The molecule has 0 bridgehead atoms. The van der Waals surface area contributed by atoms with E-state index < -0.39 is 57.1 Å². The first-order valence-electron chi connectivity index (χ1n) is 11.0. The van der Waals surface area contributed by atoms with E-state index in [1.807, 2.05) is 6.07 Å². The fourth-order valence-corrected chi connectivity index (χ4v) is 2.22. The van der Waals surface area contributed by atoms with Crippen molar-refractivity contribution in [1.29, 1.82) is 5.26 Å². The lowest BCUT2D eigenvalue weighted by Gasteiger charge is -2.24. The molecule has 0 aliphatic heterocycles. The highest BCUT2D eigenvalue weighted by Gasteiger charge is 2.44. The SMILES string of the molecule is [C-]#[N+]CC(C)OCC(O)COCC(F)(F)OC(F)(F)COCOCCOCC(O)COC(C)CC#N. The van der Waals surface area contributed by atoms with Gasteiger partial charge in [-0.2, -0.15) is 22.8 Å². The number of aliphatic hydroxyl groups is 2. The highest BCUT2D eigenvalue weighted by Crippen LogP contribution is 2.27. The second kappa shape index (κ2) is 19.5. The molecule has 2 N–H and O–H groups in total. The van der Waals surface area contributed by atoms with Gasteiger partial charge < -0.3 is 43.5 Å². The monoisotopic (exact) mass is 534 g/mol. The Morgan fingerprint density at radius 2 is 1.36 bits per heavy atom. The summed E-state index contributed by atoms with van der Waals surface area (Å²) in [5.41, 5.74) is 0. The third-order valence-corrected chi connectivity index (χ3v) is 3.87. The Labute approximate surface area is 207 Å². The van der Waals surface area contributed by atoms with Gasteiger partial charge in [0, 0.05) is 0 Å². The number of hydrogen-bond donors (Lipinski definition) is 2. The summed E-state index contributed by atoms with van der Waals surface area (Å²) >= 11 is 0. The first kappa shape index (κ1) is 34.3. The van der Waals surface area contributed by atoms with E-state index in [9.17, 15) is 27.8 Å². The van der Waals surface area contributed by atoms with Crippen LogP contribution in [0.1, 0.15) is 20.3 Å². The number of nitriles is 1. The van der Waals surface area contributed by atoms with Crippen LogP contribution in [0, 0.1) is 17.9 Å². The summed E-state index contributed by atoms with van der Waals surface area (Å²) in [5.74, 6) is 0. The maximum absolute atomic E-state index is 13.6. The summed E-state index contributed by atoms with van der Waals surface area (Å²) in [6.07, 6.45) is -11.6. The van der Waals surface area contributed by atoms with Crippen LogP contribution in [0.15, 0.2) is 0 Å². The maximum atomic E-state index is 13.6. The molecule has 11 nitrogen and oxygen atoms in total. The van der Waals surface area contributed by atoms with Crippen molar-refractivity contribution in [2.24, 2.45) is 0 Å². The van der Waals surface area contributed by atoms with Crippen LogP contribution in [-0.4, -0.2) is 113 Å². The lowest BCUT2D eigenvalue weighted by atomic mass is 10.3. The first-order chi connectivity index (χ1) is 16.9. The van der Waals surface area contributed by atoms with Crippen molar-refractivity contribution < 1.29 is 60.9 Å². The molecular weight excluding hydrogens is 500 g/mol. The van der Waals surface area contributed by atoms with Gasteiger partial charge in [-0.25, -0.2) is 6.57 Å². The molecule has 0 amide bonds. The van der Waals surface area contributed by atoms with Gasteiger partial charge in [0.1, 0.15) is 38.3 Å². The fourth-order valence-electron chi connectivity index (χ4n) is 2.22. The number of hydrogen-bond acceptors (Lipinski definition) is 10. The van der Waals surface area contributed by atoms with Gasteiger partial charge in [0.2, 0.25) is 6.54 Å². The Balaban J connectivity index is 3.90. The van der Waals surface area contributed by atoms with Gasteiger partial charge in [0.25, 0.3) is 0 Å². The van der Waals surface area contributed by atoms with Crippen molar-refractivity contribution in [3.05, 3.63) is 11.4 Å². The standard InChI is InChI=1S/C21H34F4N2O9/c1-16(4-5-26)34-11-18(28)9-30-6-7-31-15-33-14-21(24,25)36-20(22,23)13-32-10-19(29)12-35-17(2)8-27-3/h16-19,28-29H,4,6-15H2,1-2H3. The number of halogens is 4. The summed E-state index contributed by atoms with van der Waals surface area (Å²) in [5, 5.41) is 27.7. The second-order valence-electron chi connectivity index (χ2n) is 7.64. The van der Waals surface area contributed by atoms with E-state index in [4.69, 9.17) is 30.8 Å². The quantitative estimate of drug-likeness (QED) is 0.0862. The molecule has 210 valence electrons. The second-order valence-corrected chi connectivity index (χ2v) is 7.64. The van der Waals surface area contributed by atoms with E-state index in [0.717, 1.165) is 0 Å². The number of alkyl halides is 4. The van der Waals surface area contributed by atoms with Crippen LogP contribution in [0.25, 0.3) is 4.85 Å². The fraction of sp³-hybridized carbons (Fsp3) is 0.905. The summed E-state index contributed by atoms with van der Waals surface area (Å²) in [4.78, 5) is 3.09. The Morgan fingerprint density at radius 3 is 1.94 bits per heavy atom. The molecule has 0 fully saturated rings. The number of ether oxygens (including phenoxy) is 7. The van der Waals surface area contributed by atoms with E-state index in [1.54, 1.807) is 13.8 Å². The number of aliphatic hydroxyl groups excluding tert-OH is 2. The van der Waals surface area contributed by atoms with E-state index in [-0.39, 0.29) is 52.1 Å². The third-order valence-electron chi connectivity index (χ3n) is 3.87. The molecule has 4 unspecified atom stereocenters. The van der Waals surface area contributed by atoms with E-state index >= 15 is 0 Å². The predicted octanol–water partition coefficient (Wildman–Crippen LogP) is 1.58. The number of nitrogens with zero attached hydrogens (tertiary/aromatic N) is 2. The Hall–Kier alpha value is -1.66. The molecule has 0 aliphatic carbocycles. The smallest absolute Gasteiger partial charge is 0.383 e. The number of rotatable bonds is 23. The lowest BCUT2D eigenvalue weighted by molar-refractivity contribution is -0.396. The summed E-state index contributed by atoms with van der Waals surface area (Å²) in [7, 11) is 0. The van der Waals surface area contributed by atoms with Crippen molar-refractivity contribution in [2.75, 3.05) is 66.2 Å². The molecule has 0 aromatic heterocycles. The Bertz CT molecular complexity index is 650. The van der Waals surface area contributed by atoms with Crippen LogP contribution in [0.5, 0.6) is 0 Å². The molecule has 0 aromatic carbocycles. The topological polar surface area (TPSA) is 133 Å². The molecule has 0 rings (SSSR count). The van der Waals surface area contributed by atoms with Crippen LogP contribution >= 0.6 is 0 Å². The minimum atomic E-state index is -4.36. The average molecular weight is 535 g/mol. The van der Waals surface area contributed by atoms with Crippen LogP contribution in [0.3, 0.4) is 0 Å². The molecule has 0 saturated heterocycles. The van der Waals surface area contributed by atoms with Crippen molar-refractivity contribution >= 4 is 0 Å². The van der Waals surface area contributed by atoms with Crippen LogP contribution in [-0.2, 0) is 33.2 Å². The zero-order valence-corrected chi connectivity index (χ0v) is 20.2. The highest BCUT2D eigenvalue weighted by molar-refractivity contribution is 4.73. The zero-order valence-electron chi connectivity index (χ0n) is 20.2. The molecule has 0 heterocycles. The highest BCUT2D eigenvalue weighted by atomic mass is 19.3. The van der Waals surface area contributed by atoms with Crippen LogP contribution < -0.4 is 0 Å². The predicted molar refractivity (Wildman–Crippen MR) is 114 cm³/mol. The van der Waals surface area contributed by atoms with Gasteiger partial charge in [-0.1, -0.05) is 0 Å². The van der Waals surface area contributed by atoms with E-state index in [2.05, 4.69) is 19.1 Å². The van der Waals surface area contributed by atoms with Gasteiger partial charge in [0.05, 0.1) is 58.2 Å². The minimum Gasteiger partial charge on any atom is -0.388 e. The van der Waals surface area contributed by atoms with Crippen molar-refractivity contribution in [1.82, 2.24) is 0 Å². The largest absolute Gasteiger partial charge is 0.388 e. The van der Waals surface area contributed by atoms with Gasteiger partial charge in [0.15, 0.2) is 0 Å². The molecule has 0 saturated carbocycles. The molecule has 0 radical (unpaired) electrons. The third kappa shape index (κ3) is 20.5. The lowest BCUT2D eigenvalue weighted by Crippen LogP contribution is -2.40.